The van der Waals surface area contributed by atoms with Crippen LogP contribution in [0.5, 0.6) is 0 Å². The van der Waals surface area contributed by atoms with E-state index in [2.05, 4.69) is 67.1 Å². The van der Waals surface area contributed by atoms with E-state index in [0.29, 0.717) is 0 Å². The first kappa shape index (κ1) is 16.3. The van der Waals surface area contributed by atoms with Gasteiger partial charge in [0.25, 0.3) is 0 Å². The average Bonchev–Trinajstić information content (AvgIpc) is 3.16. The van der Waals surface area contributed by atoms with Gasteiger partial charge in [0.15, 0.2) is 11.2 Å². The normalized spacial score (nSPS) is 13.3. The molecule has 0 saturated heterocycles. The second-order valence-corrected chi connectivity index (χ2v) is 7.26. The highest BCUT2D eigenvalue weighted by Crippen LogP contribution is 2.34. The van der Waals surface area contributed by atoms with Gasteiger partial charge in [0, 0.05) is 35.8 Å². The summed E-state index contributed by atoms with van der Waals surface area (Å²) in [6, 6.07) is 12.9. The minimum atomic E-state index is 0.855. The van der Waals surface area contributed by atoms with Crippen molar-refractivity contribution in [2.75, 3.05) is 25.0 Å². The Kier molecular flexibility index (Phi) is 3.67. The van der Waals surface area contributed by atoms with E-state index in [0.717, 1.165) is 53.6 Å². The number of fused-ring (bicyclic) bond motifs is 5. The van der Waals surface area contributed by atoms with Crippen molar-refractivity contribution in [1.82, 2.24) is 9.56 Å². The Bertz CT molecular complexity index is 1280. The monoisotopic (exact) mass is 358 g/mol. The molecule has 2 heterocycles. The van der Waals surface area contributed by atoms with Gasteiger partial charge in [-0.05, 0) is 55.8 Å². The third-order valence-corrected chi connectivity index (χ3v) is 5.84. The van der Waals surface area contributed by atoms with Crippen LogP contribution in [0.2, 0.25) is 0 Å². The smallest absolute Gasteiger partial charge is 0.200 e. The van der Waals surface area contributed by atoms with Gasteiger partial charge in [-0.3, -0.25) is 0 Å². The van der Waals surface area contributed by atoms with Crippen LogP contribution in [0.1, 0.15) is 25.0 Å². The number of hydrogen-bond donors (Lipinski definition) is 1. The molecule has 4 aromatic rings. The maximum absolute atomic E-state index is 6.40. The van der Waals surface area contributed by atoms with E-state index in [1.165, 1.54) is 27.6 Å². The summed E-state index contributed by atoms with van der Waals surface area (Å²) in [7, 11) is 0. The zero-order valence-corrected chi connectivity index (χ0v) is 16.1. The maximum Gasteiger partial charge on any atom is 0.200 e. The molecule has 0 saturated carbocycles. The number of anilines is 1. The maximum atomic E-state index is 6.40. The van der Waals surface area contributed by atoms with Gasteiger partial charge < -0.3 is 9.73 Å². The van der Waals surface area contributed by atoms with E-state index in [1.807, 2.05) is 0 Å². The summed E-state index contributed by atoms with van der Waals surface area (Å²) >= 11 is 0. The molecule has 4 heteroatoms. The molecule has 0 radical (unpaired) electrons. The molecule has 1 N–H and O–H groups in total. The molecule has 0 bridgehead atoms. The van der Waals surface area contributed by atoms with Crippen molar-refractivity contribution in [3.63, 3.8) is 0 Å². The third-order valence-electron chi connectivity index (χ3n) is 5.84. The van der Waals surface area contributed by atoms with Crippen molar-refractivity contribution < 1.29 is 4.42 Å². The van der Waals surface area contributed by atoms with E-state index in [1.54, 1.807) is 0 Å². The molecule has 0 spiro atoms. The summed E-state index contributed by atoms with van der Waals surface area (Å²) in [5.41, 5.74) is 7.40. The van der Waals surface area contributed by atoms with Crippen LogP contribution in [-0.2, 0) is 6.42 Å². The number of nitrogens with zero attached hydrogens (tertiary/aromatic N) is 2. The van der Waals surface area contributed by atoms with Crippen LogP contribution in [0, 0.1) is 6.92 Å². The molecule has 0 atom stereocenters. The van der Waals surface area contributed by atoms with Crippen molar-refractivity contribution >= 4 is 38.7 Å². The molecule has 0 unspecified atom stereocenters. The summed E-state index contributed by atoms with van der Waals surface area (Å²) in [6.45, 7) is 9.53. The molecule has 3 aromatic carbocycles. The highest BCUT2D eigenvalue weighted by atomic mass is 16.3. The molecule has 136 valence electrons. The molecule has 1 aromatic heterocycles. The summed E-state index contributed by atoms with van der Waals surface area (Å²) < 4.78 is 8.76. The highest BCUT2D eigenvalue weighted by Gasteiger charge is 2.18. The Morgan fingerprint density at radius 2 is 1.96 bits per heavy atom. The molecular formula is C23H24N3O+. The second-order valence-electron chi connectivity index (χ2n) is 7.26. The number of aromatic nitrogens is 1. The molecule has 4 nitrogen and oxygen atoms in total. The van der Waals surface area contributed by atoms with E-state index in [9.17, 15) is 0 Å². The van der Waals surface area contributed by atoms with Crippen molar-refractivity contribution in [3.05, 3.63) is 52.9 Å². The fraction of sp³-hybridized carbons (Fsp3) is 0.304. The molecule has 5 rings (SSSR count). The summed E-state index contributed by atoms with van der Waals surface area (Å²) in [5, 5.41) is 7.01. The number of rotatable bonds is 2. The highest BCUT2D eigenvalue weighted by molar-refractivity contribution is 6.04. The van der Waals surface area contributed by atoms with E-state index in [-0.39, 0.29) is 0 Å². The van der Waals surface area contributed by atoms with Gasteiger partial charge in [0.05, 0.1) is 0 Å². The van der Waals surface area contributed by atoms with Crippen LogP contribution in [0.3, 0.4) is 0 Å². The van der Waals surface area contributed by atoms with Crippen molar-refractivity contribution in [2.45, 2.75) is 27.2 Å². The molecule has 0 aliphatic carbocycles. The second kappa shape index (κ2) is 6.08. The van der Waals surface area contributed by atoms with Crippen molar-refractivity contribution in [3.8, 4) is 0 Å². The fourth-order valence-electron chi connectivity index (χ4n) is 4.32. The van der Waals surface area contributed by atoms with Gasteiger partial charge in [-0.15, -0.1) is 0 Å². The average molecular weight is 358 g/mol. The first-order valence-corrected chi connectivity index (χ1v) is 9.81. The standard InChI is InChI=1S/C23H23N3O/c1-4-26(5-2)16-7-8-18-15(12-16)6-9-19-23(18)27-21-13-20-17(10-11-24-20)14(3)22(21)25-19/h6-9,12-13H,4-5,10-11H2,1-3H3/p+1. The van der Waals surface area contributed by atoms with Gasteiger partial charge in [-0.1, -0.05) is 6.07 Å². The minimum absolute atomic E-state index is 0.855. The SMILES string of the molecule is CC[N+](CC)=c1ccc2c(ccc3nc4c(C)c5c(cc4oc32)NCC5)c1. The van der Waals surface area contributed by atoms with Crippen LogP contribution >= 0.6 is 0 Å². The lowest BCUT2D eigenvalue weighted by molar-refractivity contribution is 0.627. The predicted molar refractivity (Wildman–Crippen MR) is 112 cm³/mol. The molecule has 1 aliphatic rings. The Morgan fingerprint density at radius 3 is 2.78 bits per heavy atom. The van der Waals surface area contributed by atoms with Crippen LogP contribution in [0.4, 0.5) is 5.69 Å². The summed E-state index contributed by atoms with van der Waals surface area (Å²) in [6.07, 6.45) is 1.06. The Hall–Kier alpha value is -2.88. The number of aryl methyl sites for hydroxylation is 1. The van der Waals surface area contributed by atoms with Crippen LogP contribution < -0.4 is 15.2 Å². The van der Waals surface area contributed by atoms with Crippen molar-refractivity contribution in [2.24, 2.45) is 0 Å². The van der Waals surface area contributed by atoms with Gasteiger partial charge in [0.1, 0.15) is 24.1 Å². The Labute approximate surface area is 158 Å². The summed E-state index contributed by atoms with van der Waals surface area (Å²) in [4.78, 5) is 4.96. The van der Waals surface area contributed by atoms with Gasteiger partial charge >= 0.3 is 0 Å². The van der Waals surface area contributed by atoms with Crippen LogP contribution in [0.25, 0.3) is 33.0 Å². The largest absolute Gasteiger partial charge is 0.452 e. The van der Waals surface area contributed by atoms with Gasteiger partial charge in [0.2, 0.25) is 5.36 Å². The van der Waals surface area contributed by atoms with E-state index in [4.69, 9.17) is 9.40 Å². The topological polar surface area (TPSA) is 41.1 Å². The lowest BCUT2D eigenvalue weighted by Gasteiger charge is -2.10. The Morgan fingerprint density at radius 1 is 1.11 bits per heavy atom. The predicted octanol–water partition coefficient (Wildman–Crippen LogP) is 4.22. The first-order chi connectivity index (χ1) is 13.2. The number of nitrogens with one attached hydrogen (secondary N) is 1. The van der Waals surface area contributed by atoms with Gasteiger partial charge in [-0.2, -0.15) is 0 Å². The zero-order chi connectivity index (χ0) is 18.5. The van der Waals surface area contributed by atoms with Gasteiger partial charge in [-0.25, -0.2) is 9.56 Å². The van der Waals surface area contributed by atoms with E-state index >= 15 is 0 Å². The molecule has 1 aliphatic heterocycles. The van der Waals surface area contributed by atoms with Crippen LogP contribution in [0.15, 0.2) is 40.8 Å². The third kappa shape index (κ3) is 2.43. The molecule has 0 amide bonds. The molecule has 27 heavy (non-hydrogen) atoms. The molecule has 0 fully saturated rings. The lowest BCUT2D eigenvalue weighted by atomic mass is 10.0. The first-order valence-electron chi connectivity index (χ1n) is 9.81. The fourth-order valence-corrected chi connectivity index (χ4v) is 4.32. The Balaban J connectivity index is 1.84. The van der Waals surface area contributed by atoms with E-state index < -0.39 is 0 Å². The number of benzene rings is 3. The lowest BCUT2D eigenvalue weighted by Crippen LogP contribution is -2.29. The van der Waals surface area contributed by atoms with Crippen LogP contribution in [-0.4, -0.2) is 24.6 Å². The minimum Gasteiger partial charge on any atom is -0.452 e. The molecular weight excluding hydrogens is 334 g/mol. The zero-order valence-electron chi connectivity index (χ0n) is 16.1. The summed E-state index contributed by atoms with van der Waals surface area (Å²) in [5.74, 6) is 0. The number of hydrogen-bond acceptors (Lipinski definition) is 3. The quantitative estimate of drug-likeness (QED) is 0.331. The van der Waals surface area contributed by atoms with Crippen molar-refractivity contribution in [1.29, 1.82) is 0 Å².